The molecule has 0 radical (unpaired) electrons. The van der Waals surface area contributed by atoms with Gasteiger partial charge in [-0.05, 0) is 31.0 Å². The van der Waals surface area contributed by atoms with Gasteiger partial charge in [0.2, 0.25) is 0 Å². The molecule has 1 N–H and O–H groups in total. The molecule has 1 aromatic heterocycles. The van der Waals surface area contributed by atoms with Gasteiger partial charge in [-0.3, -0.25) is 0 Å². The number of ether oxygens (including phenoxy) is 1. The topological polar surface area (TPSA) is 34.4 Å². The minimum atomic E-state index is -0.0424. The van der Waals surface area contributed by atoms with Crippen LogP contribution in [0.4, 0.5) is 0 Å². The van der Waals surface area contributed by atoms with E-state index < -0.39 is 0 Å². The molecular weight excluding hydrogens is 250 g/mol. The predicted octanol–water partition coefficient (Wildman–Crippen LogP) is 3.05. The second kappa shape index (κ2) is 5.31. The summed E-state index contributed by atoms with van der Waals surface area (Å²) >= 11 is 6.36. The predicted molar refractivity (Wildman–Crippen MR) is 74.2 cm³/mol. The van der Waals surface area contributed by atoms with Gasteiger partial charge < -0.3 is 14.4 Å². The average Bonchev–Trinajstić information content (AvgIpc) is 2.59. The molecule has 0 atom stereocenters. The summed E-state index contributed by atoms with van der Waals surface area (Å²) in [5, 5.41) is 11.2. The van der Waals surface area contributed by atoms with Crippen LogP contribution in [0.1, 0.15) is 16.7 Å². The molecule has 2 aromatic rings. The third kappa shape index (κ3) is 2.14. The Morgan fingerprint density at radius 2 is 2.06 bits per heavy atom. The molecule has 3 nitrogen and oxygen atoms in total. The van der Waals surface area contributed by atoms with Crippen molar-refractivity contribution in [3.63, 3.8) is 0 Å². The molecule has 4 heteroatoms. The van der Waals surface area contributed by atoms with Gasteiger partial charge >= 0.3 is 0 Å². The molecule has 1 aromatic carbocycles. The Bertz CT molecular complexity index is 575. The number of benzene rings is 1. The number of hydrogen-bond acceptors (Lipinski definition) is 2. The summed E-state index contributed by atoms with van der Waals surface area (Å²) in [6.07, 6.45) is 0. The van der Waals surface area contributed by atoms with E-state index in [4.69, 9.17) is 16.3 Å². The molecule has 0 aliphatic heterocycles. The van der Waals surface area contributed by atoms with E-state index in [1.165, 1.54) is 5.56 Å². The second-order valence-electron chi connectivity index (χ2n) is 4.55. The zero-order chi connectivity index (χ0) is 13.3. The number of aliphatic hydroxyl groups excluding tert-OH is 1. The lowest BCUT2D eigenvalue weighted by Crippen LogP contribution is -2.04. The fraction of sp³-hybridized carbons (Fsp3) is 0.429. The van der Waals surface area contributed by atoms with Crippen LogP contribution in [-0.4, -0.2) is 23.4 Å². The number of halogens is 1. The molecule has 0 fully saturated rings. The minimum absolute atomic E-state index is 0.0424. The van der Waals surface area contributed by atoms with E-state index in [1.807, 2.05) is 11.5 Å². The minimum Gasteiger partial charge on any atom is -0.392 e. The van der Waals surface area contributed by atoms with Gasteiger partial charge in [-0.25, -0.2) is 0 Å². The molecule has 0 amide bonds. The first-order valence-electron chi connectivity index (χ1n) is 5.97. The van der Waals surface area contributed by atoms with E-state index in [9.17, 15) is 5.11 Å². The third-order valence-corrected chi connectivity index (χ3v) is 3.65. The smallest absolute Gasteiger partial charge is 0.115 e. The number of nitrogens with zero attached hydrogens (tertiary/aromatic N) is 1. The van der Waals surface area contributed by atoms with Gasteiger partial charge in [-0.15, -0.1) is 0 Å². The van der Waals surface area contributed by atoms with E-state index in [0.29, 0.717) is 18.3 Å². The van der Waals surface area contributed by atoms with Crippen LogP contribution < -0.4 is 0 Å². The van der Waals surface area contributed by atoms with Crippen molar-refractivity contribution >= 4 is 22.5 Å². The summed E-state index contributed by atoms with van der Waals surface area (Å²) in [5.74, 6) is 0. The van der Waals surface area contributed by atoms with Crippen LogP contribution >= 0.6 is 11.6 Å². The Hall–Kier alpha value is -1.03. The molecule has 0 aliphatic carbocycles. The quantitative estimate of drug-likeness (QED) is 0.924. The van der Waals surface area contributed by atoms with Crippen molar-refractivity contribution in [1.29, 1.82) is 0 Å². The number of rotatable bonds is 4. The number of fused-ring (bicyclic) bond motifs is 1. The Labute approximate surface area is 112 Å². The summed E-state index contributed by atoms with van der Waals surface area (Å²) in [7, 11) is 1.67. The number of hydrogen-bond donors (Lipinski definition) is 1. The highest BCUT2D eigenvalue weighted by Crippen LogP contribution is 2.33. The van der Waals surface area contributed by atoms with Crippen molar-refractivity contribution < 1.29 is 9.84 Å². The number of aliphatic hydroxyl groups is 1. The molecule has 0 saturated heterocycles. The van der Waals surface area contributed by atoms with E-state index in [-0.39, 0.29) is 6.61 Å². The fourth-order valence-corrected chi connectivity index (χ4v) is 2.80. The molecule has 0 unspecified atom stereocenters. The van der Waals surface area contributed by atoms with E-state index in [0.717, 1.165) is 22.0 Å². The van der Waals surface area contributed by atoms with Crippen LogP contribution in [0.3, 0.4) is 0 Å². The van der Waals surface area contributed by atoms with Gasteiger partial charge in [0.05, 0.1) is 18.7 Å². The van der Waals surface area contributed by atoms with Crippen molar-refractivity contribution in [2.75, 3.05) is 13.7 Å². The molecule has 0 bridgehead atoms. The van der Waals surface area contributed by atoms with Crippen LogP contribution in [0.15, 0.2) is 12.1 Å². The standard InChI is InChI=1S/C14H18ClNO2/c1-9-6-10(2)13-11(8-17)14(15)16(4-5-18-3)12(13)7-9/h6-7,17H,4-5,8H2,1-3H3. The van der Waals surface area contributed by atoms with Crippen LogP contribution in [0.5, 0.6) is 0 Å². The lowest BCUT2D eigenvalue weighted by atomic mass is 10.0. The first kappa shape index (κ1) is 13.4. The lowest BCUT2D eigenvalue weighted by Gasteiger charge is -2.07. The van der Waals surface area contributed by atoms with Crippen molar-refractivity contribution in [3.05, 3.63) is 34.0 Å². The van der Waals surface area contributed by atoms with Crippen LogP contribution in [-0.2, 0) is 17.9 Å². The molecule has 2 rings (SSSR count). The Morgan fingerprint density at radius 1 is 1.33 bits per heavy atom. The Kier molecular flexibility index (Phi) is 3.95. The number of methoxy groups -OCH3 is 1. The van der Waals surface area contributed by atoms with Crippen molar-refractivity contribution in [1.82, 2.24) is 4.57 Å². The van der Waals surface area contributed by atoms with Gasteiger partial charge in [-0.2, -0.15) is 0 Å². The van der Waals surface area contributed by atoms with Gasteiger partial charge in [0.15, 0.2) is 0 Å². The molecule has 0 saturated carbocycles. The maximum Gasteiger partial charge on any atom is 0.115 e. The largest absolute Gasteiger partial charge is 0.392 e. The lowest BCUT2D eigenvalue weighted by molar-refractivity contribution is 0.188. The summed E-state index contributed by atoms with van der Waals surface area (Å²) in [6, 6.07) is 4.21. The molecule has 18 heavy (non-hydrogen) atoms. The normalized spacial score (nSPS) is 11.4. The summed E-state index contributed by atoms with van der Waals surface area (Å²) in [6.45, 7) is 5.35. The van der Waals surface area contributed by atoms with Gasteiger partial charge in [0, 0.05) is 24.6 Å². The van der Waals surface area contributed by atoms with Crippen molar-refractivity contribution in [2.24, 2.45) is 0 Å². The first-order chi connectivity index (χ1) is 8.60. The average molecular weight is 268 g/mol. The summed E-state index contributed by atoms with van der Waals surface area (Å²) in [5.41, 5.74) is 4.21. The zero-order valence-electron chi connectivity index (χ0n) is 11.0. The fourth-order valence-electron chi connectivity index (χ4n) is 2.47. The highest BCUT2D eigenvalue weighted by Gasteiger charge is 2.16. The van der Waals surface area contributed by atoms with E-state index >= 15 is 0 Å². The number of aryl methyl sites for hydroxylation is 2. The van der Waals surface area contributed by atoms with Gasteiger partial charge in [0.1, 0.15) is 5.15 Å². The number of aromatic nitrogens is 1. The highest BCUT2D eigenvalue weighted by molar-refractivity contribution is 6.32. The monoisotopic (exact) mass is 267 g/mol. The molecule has 0 aliphatic rings. The van der Waals surface area contributed by atoms with E-state index in [1.54, 1.807) is 7.11 Å². The highest BCUT2D eigenvalue weighted by atomic mass is 35.5. The molecular formula is C14H18ClNO2. The summed E-state index contributed by atoms with van der Waals surface area (Å²) in [4.78, 5) is 0. The molecule has 98 valence electrons. The van der Waals surface area contributed by atoms with Crippen molar-refractivity contribution in [2.45, 2.75) is 27.0 Å². The zero-order valence-corrected chi connectivity index (χ0v) is 11.7. The maximum atomic E-state index is 9.52. The first-order valence-corrected chi connectivity index (χ1v) is 6.35. The maximum absolute atomic E-state index is 9.52. The SMILES string of the molecule is COCCn1c(Cl)c(CO)c2c(C)cc(C)cc21. The second-order valence-corrected chi connectivity index (χ2v) is 4.91. The third-order valence-electron chi connectivity index (χ3n) is 3.21. The van der Waals surface area contributed by atoms with E-state index in [2.05, 4.69) is 19.1 Å². The Morgan fingerprint density at radius 3 is 2.67 bits per heavy atom. The summed E-state index contributed by atoms with van der Waals surface area (Å²) < 4.78 is 7.12. The van der Waals surface area contributed by atoms with Crippen molar-refractivity contribution in [3.8, 4) is 0 Å². The van der Waals surface area contributed by atoms with Crippen LogP contribution in [0.25, 0.3) is 10.9 Å². The van der Waals surface area contributed by atoms with Gasteiger partial charge in [-0.1, -0.05) is 17.7 Å². The Balaban J connectivity index is 2.72. The molecule has 0 spiro atoms. The van der Waals surface area contributed by atoms with Gasteiger partial charge in [0.25, 0.3) is 0 Å². The molecule has 1 heterocycles. The van der Waals surface area contributed by atoms with Crippen LogP contribution in [0, 0.1) is 13.8 Å². The van der Waals surface area contributed by atoms with Crippen LogP contribution in [0.2, 0.25) is 5.15 Å².